The largest absolute Gasteiger partial charge is 0.466 e. The first-order valence-corrected chi connectivity index (χ1v) is 4.22. The van der Waals surface area contributed by atoms with Crippen LogP contribution in [0, 0.1) is 0 Å². The summed E-state index contributed by atoms with van der Waals surface area (Å²) < 4.78 is 10.2. The van der Waals surface area contributed by atoms with E-state index in [1.165, 1.54) is 0 Å². The Morgan fingerprint density at radius 3 is 2.85 bits per heavy atom. The van der Waals surface area contributed by atoms with Crippen LogP contribution in [0.2, 0.25) is 0 Å². The summed E-state index contributed by atoms with van der Waals surface area (Å²) in [5, 5.41) is 0. The zero-order valence-electron chi connectivity index (χ0n) is 7.69. The fourth-order valence-corrected chi connectivity index (χ4v) is 0.810. The second-order valence-electron chi connectivity index (χ2n) is 2.44. The fraction of sp³-hybridized carbons (Fsp3) is 0.444. The quantitative estimate of drug-likeness (QED) is 0.543. The predicted molar refractivity (Wildman–Crippen MR) is 49.2 cm³/mol. The SMILES string of the molecule is CCOCOc1ccc(CN)nc1. The van der Waals surface area contributed by atoms with E-state index >= 15 is 0 Å². The second-order valence-corrected chi connectivity index (χ2v) is 2.44. The van der Waals surface area contributed by atoms with Crippen LogP contribution in [-0.2, 0) is 11.3 Å². The van der Waals surface area contributed by atoms with Crippen molar-refractivity contribution in [3.05, 3.63) is 24.0 Å². The first kappa shape index (κ1) is 9.95. The van der Waals surface area contributed by atoms with Crippen LogP contribution in [0.25, 0.3) is 0 Å². The van der Waals surface area contributed by atoms with Crippen molar-refractivity contribution in [2.45, 2.75) is 13.5 Å². The van der Waals surface area contributed by atoms with Gasteiger partial charge in [0.15, 0.2) is 6.79 Å². The van der Waals surface area contributed by atoms with Gasteiger partial charge in [-0.2, -0.15) is 0 Å². The number of aromatic nitrogens is 1. The number of hydrogen-bond acceptors (Lipinski definition) is 4. The molecule has 0 aliphatic rings. The monoisotopic (exact) mass is 182 g/mol. The Labute approximate surface area is 77.7 Å². The molecule has 1 aromatic heterocycles. The number of rotatable bonds is 5. The molecule has 1 rings (SSSR count). The normalized spacial score (nSPS) is 10.0. The van der Waals surface area contributed by atoms with Crippen molar-refractivity contribution in [3.8, 4) is 5.75 Å². The summed E-state index contributed by atoms with van der Waals surface area (Å²) in [6.07, 6.45) is 1.64. The zero-order chi connectivity index (χ0) is 9.52. The van der Waals surface area contributed by atoms with Crippen LogP contribution in [0.5, 0.6) is 5.75 Å². The third-order valence-corrected chi connectivity index (χ3v) is 1.52. The van der Waals surface area contributed by atoms with Crippen LogP contribution in [-0.4, -0.2) is 18.4 Å². The Morgan fingerprint density at radius 1 is 1.46 bits per heavy atom. The maximum atomic E-state index is 5.39. The molecule has 0 aliphatic heterocycles. The third-order valence-electron chi connectivity index (χ3n) is 1.52. The summed E-state index contributed by atoms with van der Waals surface area (Å²) in [7, 11) is 0. The van der Waals surface area contributed by atoms with Crippen LogP contribution < -0.4 is 10.5 Å². The van der Waals surface area contributed by atoms with Gasteiger partial charge in [-0.15, -0.1) is 0 Å². The summed E-state index contributed by atoms with van der Waals surface area (Å²) >= 11 is 0. The maximum Gasteiger partial charge on any atom is 0.189 e. The molecule has 0 unspecified atom stereocenters. The smallest absolute Gasteiger partial charge is 0.189 e. The summed E-state index contributed by atoms with van der Waals surface area (Å²) in [5.41, 5.74) is 6.24. The van der Waals surface area contributed by atoms with Crippen molar-refractivity contribution in [2.75, 3.05) is 13.4 Å². The lowest BCUT2D eigenvalue weighted by atomic mass is 10.3. The van der Waals surface area contributed by atoms with Gasteiger partial charge in [0.05, 0.1) is 11.9 Å². The van der Waals surface area contributed by atoms with Crippen molar-refractivity contribution >= 4 is 0 Å². The molecule has 4 nitrogen and oxygen atoms in total. The van der Waals surface area contributed by atoms with Crippen LogP contribution in [0.4, 0.5) is 0 Å². The van der Waals surface area contributed by atoms with Crippen LogP contribution in [0.15, 0.2) is 18.3 Å². The number of nitrogens with zero attached hydrogens (tertiary/aromatic N) is 1. The average molecular weight is 182 g/mol. The fourth-order valence-electron chi connectivity index (χ4n) is 0.810. The van der Waals surface area contributed by atoms with E-state index in [2.05, 4.69) is 4.98 Å². The highest BCUT2D eigenvalue weighted by Crippen LogP contribution is 2.08. The van der Waals surface area contributed by atoms with E-state index in [0.29, 0.717) is 18.9 Å². The van der Waals surface area contributed by atoms with Gasteiger partial charge in [-0.25, -0.2) is 0 Å². The van der Waals surface area contributed by atoms with Gasteiger partial charge in [-0.1, -0.05) is 0 Å². The molecule has 2 N–H and O–H groups in total. The van der Waals surface area contributed by atoms with Gasteiger partial charge in [0.2, 0.25) is 0 Å². The summed E-state index contributed by atoms with van der Waals surface area (Å²) in [5.74, 6) is 0.700. The number of ether oxygens (including phenoxy) is 2. The average Bonchev–Trinajstić information content (AvgIpc) is 2.19. The van der Waals surface area contributed by atoms with E-state index in [1.54, 1.807) is 6.20 Å². The Hall–Kier alpha value is -1.13. The Kier molecular flexibility index (Phi) is 4.21. The topological polar surface area (TPSA) is 57.4 Å². The molecule has 72 valence electrons. The van der Waals surface area contributed by atoms with E-state index in [4.69, 9.17) is 15.2 Å². The molecule has 0 bridgehead atoms. The van der Waals surface area contributed by atoms with Gasteiger partial charge < -0.3 is 15.2 Å². The Bertz CT molecular complexity index is 236. The van der Waals surface area contributed by atoms with Crippen molar-refractivity contribution in [1.29, 1.82) is 0 Å². The number of nitrogens with two attached hydrogens (primary N) is 1. The molecule has 0 spiro atoms. The minimum Gasteiger partial charge on any atom is -0.466 e. The molecule has 0 fully saturated rings. The number of pyridine rings is 1. The molecule has 0 aliphatic carbocycles. The highest BCUT2D eigenvalue weighted by molar-refractivity contribution is 5.19. The van der Waals surface area contributed by atoms with Gasteiger partial charge >= 0.3 is 0 Å². The lowest BCUT2D eigenvalue weighted by Crippen LogP contribution is -2.03. The van der Waals surface area contributed by atoms with Gasteiger partial charge in [0.25, 0.3) is 0 Å². The highest BCUT2D eigenvalue weighted by Gasteiger charge is 1.94. The summed E-state index contributed by atoms with van der Waals surface area (Å²) in [6.45, 7) is 3.28. The molecule has 0 saturated carbocycles. The minimum atomic E-state index is 0.264. The van der Waals surface area contributed by atoms with E-state index in [-0.39, 0.29) is 6.79 Å². The van der Waals surface area contributed by atoms with Crippen molar-refractivity contribution in [3.63, 3.8) is 0 Å². The Morgan fingerprint density at radius 2 is 2.31 bits per heavy atom. The van der Waals surface area contributed by atoms with Crippen LogP contribution >= 0.6 is 0 Å². The molecule has 0 atom stereocenters. The Balaban J connectivity index is 2.40. The lowest BCUT2D eigenvalue weighted by Gasteiger charge is -2.05. The highest BCUT2D eigenvalue weighted by atomic mass is 16.7. The standard InChI is InChI=1S/C9H14N2O2/c1-2-12-7-13-9-4-3-8(5-10)11-6-9/h3-4,6H,2,5,7,10H2,1H3. The third kappa shape index (κ3) is 3.40. The number of hydrogen-bond donors (Lipinski definition) is 1. The molecule has 0 saturated heterocycles. The first-order chi connectivity index (χ1) is 6.36. The van der Waals surface area contributed by atoms with Crippen molar-refractivity contribution < 1.29 is 9.47 Å². The first-order valence-electron chi connectivity index (χ1n) is 4.22. The molecule has 0 radical (unpaired) electrons. The minimum absolute atomic E-state index is 0.264. The van der Waals surface area contributed by atoms with Crippen LogP contribution in [0.1, 0.15) is 12.6 Å². The summed E-state index contributed by atoms with van der Waals surface area (Å²) in [4.78, 5) is 4.07. The lowest BCUT2D eigenvalue weighted by molar-refractivity contribution is 0.0222. The van der Waals surface area contributed by atoms with Crippen LogP contribution in [0.3, 0.4) is 0 Å². The molecule has 4 heteroatoms. The zero-order valence-corrected chi connectivity index (χ0v) is 7.69. The molecule has 0 amide bonds. The van der Waals surface area contributed by atoms with Gasteiger partial charge in [0, 0.05) is 13.2 Å². The van der Waals surface area contributed by atoms with E-state index < -0.39 is 0 Å². The molecule has 0 aromatic carbocycles. The summed E-state index contributed by atoms with van der Waals surface area (Å²) in [6, 6.07) is 3.66. The van der Waals surface area contributed by atoms with Crippen molar-refractivity contribution in [1.82, 2.24) is 4.98 Å². The molecular formula is C9H14N2O2. The predicted octanol–water partition coefficient (Wildman–Crippen LogP) is 0.913. The van der Waals surface area contributed by atoms with E-state index in [0.717, 1.165) is 5.69 Å². The van der Waals surface area contributed by atoms with Crippen molar-refractivity contribution in [2.24, 2.45) is 5.73 Å². The molecule has 1 heterocycles. The molecule has 13 heavy (non-hydrogen) atoms. The van der Waals surface area contributed by atoms with Gasteiger partial charge in [-0.3, -0.25) is 4.98 Å². The second kappa shape index (κ2) is 5.50. The van der Waals surface area contributed by atoms with Gasteiger partial charge in [0.1, 0.15) is 5.75 Å². The van der Waals surface area contributed by atoms with E-state index in [1.807, 2.05) is 19.1 Å². The molecule has 1 aromatic rings. The maximum absolute atomic E-state index is 5.39. The van der Waals surface area contributed by atoms with Gasteiger partial charge in [-0.05, 0) is 19.1 Å². The molecular weight excluding hydrogens is 168 g/mol. The van der Waals surface area contributed by atoms with E-state index in [9.17, 15) is 0 Å².